The molecule has 2 aliphatic rings. The zero-order chi connectivity index (χ0) is 76.8. The van der Waals surface area contributed by atoms with Crippen LogP contribution in [0.25, 0.3) is 0 Å². The molecule has 2 aliphatic carbocycles. The van der Waals surface area contributed by atoms with E-state index in [1.807, 2.05) is 194 Å². The van der Waals surface area contributed by atoms with Crippen molar-refractivity contribution in [1.29, 1.82) is 0 Å². The fraction of sp³-hybridized carbons (Fsp3) is 0.972. The first kappa shape index (κ1) is 114. The SMILES string of the molecule is C.CC.CC.CC.CC.CCC(C)(OOC(C)(C)C)OOC(C)(C)C.CCCCOC(=O)CCC(C)(OOC(C)(C)C)OOC(C)(C)C.CCOC(=O)CC(C)(OOC(C)(C)C)OOC(C)(C)C.COOC1(C)CC(C)CC(C)(C)C1.COOC1(C)CCCCC1.O=O.O=O. The lowest BCUT2D eigenvalue weighted by Gasteiger charge is -2.44. The van der Waals surface area contributed by atoms with E-state index < -0.39 is 45.7 Å². The van der Waals surface area contributed by atoms with E-state index >= 15 is 0 Å². The Morgan fingerprint density at radius 3 is 1.02 bits per heavy atom. The molecule has 582 valence electrons. The quantitative estimate of drug-likeness (QED) is 0.0256. The van der Waals surface area contributed by atoms with Crippen LogP contribution in [0.2, 0.25) is 0 Å². The number of ether oxygens (including phenoxy) is 2. The molecule has 2 saturated carbocycles. The van der Waals surface area contributed by atoms with E-state index in [-0.39, 0.29) is 61.7 Å². The lowest BCUT2D eigenvalue weighted by molar-refractivity contribution is -0.537. The van der Waals surface area contributed by atoms with Crippen molar-refractivity contribution < 1.29 is 97.3 Å². The number of carbonyl (C=O) groups excluding carboxylic acids is 2. The Labute approximate surface area is 581 Å². The van der Waals surface area contributed by atoms with Crippen LogP contribution in [0.3, 0.4) is 0 Å². The van der Waals surface area contributed by atoms with E-state index in [1.54, 1.807) is 41.9 Å². The molecule has 0 spiro atoms. The zero-order valence-electron chi connectivity index (χ0n) is 67.7. The van der Waals surface area contributed by atoms with Crippen LogP contribution >= 0.6 is 0 Å². The van der Waals surface area contributed by atoms with Crippen molar-refractivity contribution in [3.05, 3.63) is 19.9 Å². The standard InChI is InChI=1S/C17H34O6.C14H28O6.C12H26O4.C11H22O2.C8H16O2.4C2H6.CH4.2O2/c1-9-10-13-19-14(18)11-12-17(8,22-20-15(2,3)4)23-21-16(5,6)7;1-9-16-11(15)10-14(8,19-17-12(2,3)4)20-18-13(5,6)7;1-9-12(8,15-13-10(2,3)4)16-14-11(5,6)7;1-9-6-10(2,3)8-11(4,7-9)13-12-5;1-8(10-9-2)6-4-3-5-7-8;4*1-2;;2*1-2/h9-13H2,1-8H3;9-10H2,1-8H3;9H2,1-8H3;9H,6-8H2,1-5H3;3-7H2,1-2H3;4*1-2H3;1H4;;. The maximum atomic E-state index is 11.8. The Balaban J connectivity index is -0.000000116. The molecule has 0 bridgehead atoms. The monoisotopic (exact) mass is 1390 g/mol. The molecule has 2 rings (SSSR count). The van der Waals surface area contributed by atoms with E-state index in [9.17, 15) is 9.59 Å². The molecule has 0 aromatic heterocycles. The summed E-state index contributed by atoms with van der Waals surface area (Å²) in [6, 6.07) is 0. The van der Waals surface area contributed by atoms with Crippen molar-refractivity contribution in [3.8, 4) is 0 Å². The highest BCUT2D eigenvalue weighted by molar-refractivity contribution is 5.70. The molecule has 0 aliphatic heterocycles. The van der Waals surface area contributed by atoms with E-state index in [0.717, 1.165) is 44.4 Å². The molecule has 0 saturated heterocycles. The summed E-state index contributed by atoms with van der Waals surface area (Å²) in [6.07, 6.45) is 12.4. The molecule has 0 amide bonds. The molecular weight excluding hydrogens is 1240 g/mol. The van der Waals surface area contributed by atoms with Crippen molar-refractivity contribution in [2.24, 2.45) is 11.3 Å². The average molecular weight is 1390 g/mol. The number of carbonyl (C=O) groups is 2. The van der Waals surface area contributed by atoms with Crippen molar-refractivity contribution in [3.63, 3.8) is 0 Å². The fourth-order valence-electron chi connectivity index (χ4n) is 7.54. The molecule has 0 heterocycles. The van der Waals surface area contributed by atoms with Gasteiger partial charge in [0.2, 0.25) is 17.4 Å². The normalized spacial score (nSPS) is 16.7. The summed E-state index contributed by atoms with van der Waals surface area (Å²) in [6.45, 7) is 72.2. The summed E-state index contributed by atoms with van der Waals surface area (Å²) >= 11 is 0. The number of hydrogen-bond acceptors (Lipinski definition) is 24. The molecule has 0 aromatic carbocycles. The Morgan fingerprint density at radius 1 is 0.421 bits per heavy atom. The third-order valence-electron chi connectivity index (χ3n) is 10.8. The topological polar surface area (TPSA) is 269 Å². The average Bonchev–Trinajstić information content (AvgIpc) is 0.819. The van der Waals surface area contributed by atoms with Gasteiger partial charge in [0.1, 0.15) is 17.6 Å². The Kier molecular flexibility index (Phi) is 70.9. The maximum absolute atomic E-state index is 11.8. The van der Waals surface area contributed by atoms with Gasteiger partial charge in [0.05, 0.1) is 67.5 Å². The highest BCUT2D eigenvalue weighted by Gasteiger charge is 2.42. The second kappa shape index (κ2) is 59.2. The van der Waals surface area contributed by atoms with Gasteiger partial charge in [-0.25, -0.2) is 48.9 Å². The summed E-state index contributed by atoms with van der Waals surface area (Å²) in [5, 5.41) is 0. The third kappa shape index (κ3) is 80.4. The molecule has 95 heavy (non-hydrogen) atoms. The number of unbranched alkanes of at least 4 members (excludes halogenated alkanes) is 1. The van der Waals surface area contributed by atoms with Gasteiger partial charge in [-0.05, 0) is 216 Å². The minimum atomic E-state index is -1.38. The molecule has 0 N–H and O–H groups in total. The smallest absolute Gasteiger partial charge is 0.311 e. The highest BCUT2D eigenvalue weighted by atomic mass is 17.3. The first-order chi connectivity index (χ1) is 42.8. The van der Waals surface area contributed by atoms with Gasteiger partial charge in [0.25, 0.3) is 0 Å². The predicted octanol–water partition coefficient (Wildman–Crippen LogP) is 21.4. The van der Waals surface area contributed by atoms with Gasteiger partial charge >= 0.3 is 11.9 Å². The lowest BCUT2D eigenvalue weighted by Crippen LogP contribution is -2.41. The summed E-state index contributed by atoms with van der Waals surface area (Å²) in [5.74, 6) is -3.49. The van der Waals surface area contributed by atoms with Gasteiger partial charge in [-0.15, -0.1) is 0 Å². The van der Waals surface area contributed by atoms with Crippen LogP contribution in [-0.2, 0) is 97.3 Å². The van der Waals surface area contributed by atoms with Gasteiger partial charge in [-0.2, -0.15) is 29.3 Å². The molecular formula is C71H154O24. The summed E-state index contributed by atoms with van der Waals surface area (Å²) in [4.78, 5) is 135. The lowest BCUT2D eigenvalue weighted by atomic mass is 9.66. The molecule has 24 heteroatoms. The van der Waals surface area contributed by atoms with Crippen molar-refractivity contribution in [1.82, 2.24) is 0 Å². The molecule has 24 nitrogen and oxygen atoms in total. The minimum absolute atomic E-state index is 0. The highest BCUT2D eigenvalue weighted by Crippen LogP contribution is 2.45. The maximum Gasteiger partial charge on any atom is 0.311 e. The number of esters is 2. The second-order valence-electron chi connectivity index (χ2n) is 29.3. The molecule has 2 fully saturated rings. The van der Waals surface area contributed by atoms with Crippen molar-refractivity contribution in [2.75, 3.05) is 27.4 Å². The Morgan fingerprint density at radius 2 is 0.737 bits per heavy atom. The van der Waals surface area contributed by atoms with Gasteiger partial charge in [-0.1, -0.05) is 123 Å². The summed E-state index contributed by atoms with van der Waals surface area (Å²) in [7, 11) is 3.18. The third-order valence-corrected chi connectivity index (χ3v) is 10.8. The molecule has 2 atom stereocenters. The summed E-state index contributed by atoms with van der Waals surface area (Å²) in [5.41, 5.74) is -2.54. The van der Waals surface area contributed by atoms with Crippen molar-refractivity contribution >= 4 is 11.9 Å². The van der Waals surface area contributed by atoms with Crippen LogP contribution in [0.1, 0.15) is 353 Å². The van der Waals surface area contributed by atoms with Gasteiger partial charge in [0.15, 0.2) is 0 Å². The van der Waals surface area contributed by atoms with Crippen LogP contribution in [0.15, 0.2) is 0 Å². The minimum Gasteiger partial charge on any atom is -0.466 e. The zero-order valence-corrected chi connectivity index (χ0v) is 67.7. The van der Waals surface area contributed by atoms with Gasteiger partial charge < -0.3 is 9.47 Å². The molecule has 0 radical (unpaired) electrons. The number of rotatable bonds is 26. The van der Waals surface area contributed by atoms with Crippen molar-refractivity contribution in [2.45, 2.75) is 416 Å². The predicted molar refractivity (Wildman–Crippen MR) is 382 cm³/mol. The van der Waals surface area contributed by atoms with Gasteiger partial charge in [0, 0.05) is 32.7 Å². The number of hydrogen-bond donors (Lipinski definition) is 0. The first-order valence-corrected chi connectivity index (χ1v) is 34.1. The van der Waals surface area contributed by atoms with Crippen LogP contribution < -0.4 is 0 Å². The Hall–Kier alpha value is -2.50. The second-order valence-corrected chi connectivity index (χ2v) is 29.3. The molecule has 2 unspecified atom stereocenters. The van der Waals surface area contributed by atoms with E-state index in [0.29, 0.717) is 18.4 Å². The van der Waals surface area contributed by atoms with Crippen LogP contribution in [0.5, 0.6) is 0 Å². The van der Waals surface area contributed by atoms with Crippen LogP contribution in [0.4, 0.5) is 0 Å². The van der Waals surface area contributed by atoms with E-state index in [1.165, 1.54) is 25.7 Å². The molecule has 0 aromatic rings. The van der Waals surface area contributed by atoms with Crippen LogP contribution in [-0.4, -0.2) is 102 Å². The fourth-order valence-corrected chi connectivity index (χ4v) is 7.54. The Bertz CT molecular complexity index is 1640. The largest absolute Gasteiger partial charge is 0.466 e. The van der Waals surface area contributed by atoms with Crippen LogP contribution in [0, 0.1) is 31.2 Å². The van der Waals surface area contributed by atoms with E-state index in [4.69, 9.17) is 103 Å². The van der Waals surface area contributed by atoms with E-state index in [2.05, 4.69) is 39.5 Å². The first-order valence-electron chi connectivity index (χ1n) is 34.1. The van der Waals surface area contributed by atoms with Gasteiger partial charge in [-0.3, -0.25) is 9.59 Å². The summed E-state index contributed by atoms with van der Waals surface area (Å²) < 4.78 is 10.0.